The Balaban J connectivity index is 2.55. The van der Waals surface area contributed by atoms with Crippen LogP contribution in [0.3, 0.4) is 0 Å². The van der Waals surface area contributed by atoms with E-state index >= 15 is 0 Å². The molecule has 0 unspecified atom stereocenters. The van der Waals surface area contributed by atoms with Crippen molar-refractivity contribution in [1.82, 2.24) is 10.2 Å². The first-order valence-corrected chi connectivity index (χ1v) is 7.71. The Hall–Kier alpha value is -1.35. The van der Waals surface area contributed by atoms with Gasteiger partial charge in [-0.1, -0.05) is 18.8 Å². The maximum atomic E-state index is 11.8. The van der Waals surface area contributed by atoms with E-state index in [1.165, 1.54) is 4.88 Å². The summed E-state index contributed by atoms with van der Waals surface area (Å²) in [6, 6.07) is 2.25. The van der Waals surface area contributed by atoms with Crippen LogP contribution in [-0.2, 0) is 11.3 Å². The molecule has 0 aromatic carbocycles. The first-order valence-electron chi connectivity index (χ1n) is 6.83. The van der Waals surface area contributed by atoms with Crippen LogP contribution in [0.1, 0.15) is 31.2 Å². The number of hydrogen-bond acceptors (Lipinski definition) is 4. The molecule has 0 aliphatic rings. The Kier molecular flexibility index (Phi) is 7.31. The molecule has 110 valence electrons. The topological polar surface area (TPSA) is 58.4 Å². The van der Waals surface area contributed by atoms with Crippen molar-refractivity contribution in [3.63, 3.8) is 0 Å². The van der Waals surface area contributed by atoms with Crippen molar-refractivity contribution < 1.29 is 4.79 Å². The van der Waals surface area contributed by atoms with E-state index in [1.807, 2.05) is 19.2 Å². The maximum Gasteiger partial charge on any atom is 0.234 e. The van der Waals surface area contributed by atoms with Gasteiger partial charge >= 0.3 is 0 Å². The van der Waals surface area contributed by atoms with Crippen molar-refractivity contribution in [2.45, 2.75) is 33.4 Å². The van der Waals surface area contributed by atoms with Crippen molar-refractivity contribution in [2.75, 3.05) is 19.6 Å². The minimum absolute atomic E-state index is 0.0709. The van der Waals surface area contributed by atoms with E-state index < -0.39 is 0 Å². The molecule has 1 amide bonds. The SMILES string of the molecule is CCN(CC(=O)NC(C)C)Cc1cc(C#CCN)cs1. The zero-order valence-electron chi connectivity index (χ0n) is 12.4. The van der Waals surface area contributed by atoms with Crippen LogP contribution in [0.4, 0.5) is 0 Å². The van der Waals surface area contributed by atoms with E-state index in [0.717, 1.165) is 18.7 Å². The third kappa shape index (κ3) is 6.20. The third-order valence-electron chi connectivity index (χ3n) is 2.63. The van der Waals surface area contributed by atoms with Gasteiger partial charge in [-0.25, -0.2) is 0 Å². The molecule has 0 spiro atoms. The van der Waals surface area contributed by atoms with Crippen molar-refractivity contribution in [1.29, 1.82) is 0 Å². The number of nitrogens with two attached hydrogens (primary N) is 1. The van der Waals surface area contributed by atoms with Gasteiger partial charge in [0, 0.05) is 28.4 Å². The second-order valence-corrected chi connectivity index (χ2v) is 5.83. The molecule has 0 aliphatic heterocycles. The van der Waals surface area contributed by atoms with Crippen molar-refractivity contribution in [3.05, 3.63) is 21.9 Å². The van der Waals surface area contributed by atoms with Gasteiger partial charge in [-0.2, -0.15) is 0 Å². The molecule has 1 aromatic rings. The number of rotatable bonds is 6. The summed E-state index contributed by atoms with van der Waals surface area (Å²) < 4.78 is 0. The van der Waals surface area contributed by atoms with Crippen LogP contribution >= 0.6 is 11.3 Å². The van der Waals surface area contributed by atoms with Crippen LogP contribution in [0.5, 0.6) is 0 Å². The monoisotopic (exact) mass is 293 g/mol. The highest BCUT2D eigenvalue weighted by Crippen LogP contribution is 2.16. The summed E-state index contributed by atoms with van der Waals surface area (Å²) in [5.74, 6) is 5.94. The Morgan fingerprint density at radius 3 is 2.90 bits per heavy atom. The fourth-order valence-electron chi connectivity index (χ4n) is 1.75. The van der Waals surface area contributed by atoms with Crippen LogP contribution < -0.4 is 11.1 Å². The average molecular weight is 293 g/mol. The molecular weight excluding hydrogens is 270 g/mol. The highest BCUT2D eigenvalue weighted by atomic mass is 32.1. The molecule has 0 fully saturated rings. The van der Waals surface area contributed by atoms with E-state index in [2.05, 4.69) is 35.0 Å². The van der Waals surface area contributed by atoms with Gasteiger partial charge in [0.2, 0.25) is 5.91 Å². The minimum Gasteiger partial charge on any atom is -0.353 e. The molecule has 1 heterocycles. The molecule has 0 bridgehead atoms. The van der Waals surface area contributed by atoms with Crippen LogP contribution in [0.2, 0.25) is 0 Å². The molecular formula is C15H23N3OS. The number of amides is 1. The van der Waals surface area contributed by atoms with E-state index in [9.17, 15) is 4.79 Å². The van der Waals surface area contributed by atoms with Crippen molar-refractivity contribution in [3.8, 4) is 11.8 Å². The summed E-state index contributed by atoms with van der Waals surface area (Å²) in [7, 11) is 0. The quantitative estimate of drug-likeness (QED) is 0.780. The normalized spacial score (nSPS) is 10.5. The summed E-state index contributed by atoms with van der Waals surface area (Å²) in [5, 5.41) is 4.94. The van der Waals surface area contributed by atoms with Gasteiger partial charge in [-0.05, 0) is 26.5 Å². The molecule has 4 nitrogen and oxygen atoms in total. The lowest BCUT2D eigenvalue weighted by Gasteiger charge is -2.19. The van der Waals surface area contributed by atoms with E-state index in [4.69, 9.17) is 5.73 Å². The standard InChI is InChI=1S/C15H23N3OS/c1-4-18(10-15(19)17-12(2)3)9-14-8-13(11-20-14)6-5-7-16/h8,11-12H,4,7,9-10,16H2,1-3H3,(H,17,19). The Morgan fingerprint density at radius 1 is 1.55 bits per heavy atom. The van der Waals surface area contributed by atoms with Gasteiger partial charge < -0.3 is 11.1 Å². The smallest absolute Gasteiger partial charge is 0.234 e. The highest BCUT2D eigenvalue weighted by molar-refractivity contribution is 7.10. The molecule has 0 radical (unpaired) electrons. The average Bonchev–Trinajstić information content (AvgIpc) is 2.82. The van der Waals surface area contributed by atoms with Crippen molar-refractivity contribution in [2.24, 2.45) is 5.73 Å². The molecule has 0 aliphatic carbocycles. The zero-order valence-corrected chi connectivity index (χ0v) is 13.2. The van der Waals surface area contributed by atoms with Crippen LogP contribution in [0.15, 0.2) is 11.4 Å². The third-order valence-corrected chi connectivity index (χ3v) is 3.55. The predicted molar refractivity (Wildman–Crippen MR) is 84.5 cm³/mol. The zero-order chi connectivity index (χ0) is 15.0. The molecule has 0 atom stereocenters. The summed E-state index contributed by atoms with van der Waals surface area (Å²) >= 11 is 1.67. The lowest BCUT2D eigenvalue weighted by Crippen LogP contribution is -2.39. The minimum atomic E-state index is 0.0709. The Bertz CT molecular complexity index is 485. The van der Waals surface area contributed by atoms with Gasteiger partial charge in [-0.15, -0.1) is 11.3 Å². The number of carbonyl (C=O) groups is 1. The van der Waals surface area contributed by atoms with E-state index in [-0.39, 0.29) is 11.9 Å². The first-order chi connectivity index (χ1) is 9.55. The Morgan fingerprint density at radius 2 is 2.30 bits per heavy atom. The van der Waals surface area contributed by atoms with Gasteiger partial charge in [0.25, 0.3) is 0 Å². The van der Waals surface area contributed by atoms with E-state index in [0.29, 0.717) is 13.1 Å². The number of nitrogens with one attached hydrogen (secondary N) is 1. The molecule has 1 rings (SSSR count). The highest BCUT2D eigenvalue weighted by Gasteiger charge is 2.11. The fraction of sp³-hybridized carbons (Fsp3) is 0.533. The molecule has 0 saturated heterocycles. The fourth-order valence-corrected chi connectivity index (χ4v) is 2.61. The van der Waals surface area contributed by atoms with Gasteiger partial charge in [0.15, 0.2) is 0 Å². The molecule has 0 saturated carbocycles. The number of nitrogens with zero attached hydrogens (tertiary/aromatic N) is 1. The second kappa shape index (κ2) is 8.75. The van der Waals surface area contributed by atoms with Gasteiger partial charge in [0.1, 0.15) is 0 Å². The molecule has 3 N–H and O–H groups in total. The molecule has 20 heavy (non-hydrogen) atoms. The first kappa shape index (κ1) is 16.7. The summed E-state index contributed by atoms with van der Waals surface area (Å²) in [5.41, 5.74) is 6.36. The Labute approximate surface area is 125 Å². The summed E-state index contributed by atoms with van der Waals surface area (Å²) in [6.07, 6.45) is 0. The molecule has 5 heteroatoms. The predicted octanol–water partition coefficient (Wildman–Crippen LogP) is 1.40. The number of thiophene rings is 1. The van der Waals surface area contributed by atoms with Crippen LogP contribution in [0, 0.1) is 11.8 Å². The maximum absolute atomic E-state index is 11.8. The largest absolute Gasteiger partial charge is 0.353 e. The summed E-state index contributed by atoms with van der Waals surface area (Å²) in [4.78, 5) is 15.1. The lowest BCUT2D eigenvalue weighted by atomic mass is 10.3. The number of likely N-dealkylation sites (N-methyl/N-ethyl adjacent to an activating group) is 1. The van der Waals surface area contributed by atoms with Gasteiger partial charge in [0.05, 0.1) is 13.1 Å². The molecule has 1 aromatic heterocycles. The lowest BCUT2D eigenvalue weighted by molar-refractivity contribution is -0.122. The second-order valence-electron chi connectivity index (χ2n) is 4.83. The van der Waals surface area contributed by atoms with Gasteiger partial charge in [-0.3, -0.25) is 9.69 Å². The summed E-state index contributed by atoms with van der Waals surface area (Å²) in [6.45, 7) is 8.42. The van der Waals surface area contributed by atoms with E-state index in [1.54, 1.807) is 11.3 Å². The number of hydrogen-bond donors (Lipinski definition) is 2. The van der Waals surface area contributed by atoms with Crippen LogP contribution in [-0.4, -0.2) is 36.5 Å². The number of carbonyl (C=O) groups excluding carboxylic acids is 1. The van der Waals surface area contributed by atoms with Crippen LogP contribution in [0.25, 0.3) is 0 Å². The van der Waals surface area contributed by atoms with Crippen molar-refractivity contribution >= 4 is 17.2 Å².